The van der Waals surface area contributed by atoms with Crippen LogP contribution in [0.5, 0.6) is 17.5 Å². The minimum atomic E-state index is -4.53. The molecular formula is C25H17F4N3O3. The smallest absolute Gasteiger partial charge is 0.417 e. The zero-order chi connectivity index (χ0) is 24.6. The minimum Gasteiger partial charge on any atom is -0.473 e. The first-order chi connectivity index (χ1) is 16.8. The van der Waals surface area contributed by atoms with E-state index in [9.17, 15) is 22.4 Å². The summed E-state index contributed by atoms with van der Waals surface area (Å²) in [7, 11) is 0. The van der Waals surface area contributed by atoms with E-state index in [0.717, 1.165) is 29.7 Å². The van der Waals surface area contributed by atoms with Gasteiger partial charge in [0.15, 0.2) is 11.6 Å². The van der Waals surface area contributed by atoms with Gasteiger partial charge < -0.3 is 9.47 Å². The highest BCUT2D eigenvalue weighted by Gasteiger charge is 2.30. The van der Waals surface area contributed by atoms with Gasteiger partial charge in [-0.3, -0.25) is 4.57 Å². The van der Waals surface area contributed by atoms with Crippen LogP contribution < -0.4 is 15.2 Å². The Bertz CT molecular complexity index is 1450. The molecule has 5 rings (SSSR count). The Hall–Kier alpha value is -4.21. The zero-order valence-corrected chi connectivity index (χ0v) is 18.1. The molecule has 0 radical (unpaired) electrons. The van der Waals surface area contributed by atoms with Crippen molar-refractivity contribution in [3.63, 3.8) is 0 Å². The van der Waals surface area contributed by atoms with Crippen molar-refractivity contribution in [3.05, 3.63) is 99.9 Å². The number of pyridine rings is 1. The van der Waals surface area contributed by atoms with Crippen LogP contribution in [0.15, 0.2) is 71.7 Å². The molecule has 0 fully saturated rings. The monoisotopic (exact) mass is 483 g/mol. The lowest BCUT2D eigenvalue weighted by Gasteiger charge is -2.21. The third-order valence-corrected chi connectivity index (χ3v) is 5.55. The first kappa shape index (κ1) is 22.6. The SMILES string of the molecule is O=c1nc(OCc2ccc(Oc3ccc(C(F)(F)F)cn3)c(F)c2)cc2n1CCc1ccccc1-2. The van der Waals surface area contributed by atoms with E-state index in [1.165, 1.54) is 18.2 Å². The molecule has 1 aliphatic heterocycles. The molecule has 10 heteroatoms. The lowest BCUT2D eigenvalue weighted by atomic mass is 9.98. The molecule has 0 saturated heterocycles. The Balaban J connectivity index is 1.30. The third kappa shape index (κ3) is 4.72. The fourth-order valence-electron chi connectivity index (χ4n) is 3.81. The summed E-state index contributed by atoms with van der Waals surface area (Å²) in [6.45, 7) is 0.464. The van der Waals surface area contributed by atoms with E-state index >= 15 is 0 Å². The summed E-state index contributed by atoms with van der Waals surface area (Å²) in [5.74, 6) is -1.02. The molecule has 35 heavy (non-hydrogen) atoms. The molecule has 4 aromatic rings. The van der Waals surface area contributed by atoms with Crippen LogP contribution in [0.1, 0.15) is 16.7 Å². The highest BCUT2D eigenvalue weighted by Crippen LogP contribution is 2.31. The fourth-order valence-corrected chi connectivity index (χ4v) is 3.81. The Kier molecular flexibility index (Phi) is 5.72. The number of aryl methyl sites for hydroxylation is 1. The molecule has 0 saturated carbocycles. The van der Waals surface area contributed by atoms with Gasteiger partial charge in [0.1, 0.15) is 6.61 Å². The van der Waals surface area contributed by atoms with Gasteiger partial charge in [-0.05, 0) is 35.7 Å². The number of alkyl halides is 3. The van der Waals surface area contributed by atoms with Gasteiger partial charge in [-0.25, -0.2) is 14.2 Å². The van der Waals surface area contributed by atoms with E-state index < -0.39 is 23.2 Å². The van der Waals surface area contributed by atoms with Crippen LogP contribution in [0.2, 0.25) is 0 Å². The summed E-state index contributed by atoms with van der Waals surface area (Å²) < 4.78 is 65.0. The zero-order valence-electron chi connectivity index (χ0n) is 18.1. The second kappa shape index (κ2) is 8.86. The molecule has 0 bridgehead atoms. The predicted octanol–water partition coefficient (Wildman–Crippen LogP) is 5.39. The highest BCUT2D eigenvalue weighted by atomic mass is 19.4. The Morgan fingerprint density at radius 3 is 2.57 bits per heavy atom. The highest BCUT2D eigenvalue weighted by molar-refractivity contribution is 5.66. The lowest BCUT2D eigenvalue weighted by molar-refractivity contribution is -0.137. The number of fused-ring (bicyclic) bond motifs is 3. The van der Waals surface area contributed by atoms with Crippen LogP contribution >= 0.6 is 0 Å². The Morgan fingerprint density at radius 2 is 1.83 bits per heavy atom. The summed E-state index contributed by atoms with van der Waals surface area (Å²) >= 11 is 0. The van der Waals surface area contributed by atoms with Crippen LogP contribution in [0.4, 0.5) is 17.6 Å². The molecule has 178 valence electrons. The minimum absolute atomic E-state index is 0.0622. The number of nitrogens with zero attached hydrogens (tertiary/aromatic N) is 3. The molecule has 2 aromatic carbocycles. The predicted molar refractivity (Wildman–Crippen MR) is 118 cm³/mol. The second-order valence-corrected chi connectivity index (χ2v) is 7.86. The maximum Gasteiger partial charge on any atom is 0.417 e. The van der Waals surface area contributed by atoms with Crippen LogP contribution in [0.3, 0.4) is 0 Å². The van der Waals surface area contributed by atoms with Crippen molar-refractivity contribution in [2.75, 3.05) is 0 Å². The summed E-state index contributed by atoms with van der Waals surface area (Å²) in [6.07, 6.45) is -3.18. The fraction of sp³-hybridized carbons (Fsp3) is 0.160. The van der Waals surface area contributed by atoms with Crippen LogP contribution in [0, 0.1) is 5.82 Å². The molecule has 6 nitrogen and oxygen atoms in total. The van der Waals surface area contributed by atoms with E-state index in [1.54, 1.807) is 10.6 Å². The summed E-state index contributed by atoms with van der Waals surface area (Å²) in [6, 6.07) is 15.3. The van der Waals surface area contributed by atoms with Gasteiger partial charge in [0, 0.05) is 30.4 Å². The number of hydrogen-bond donors (Lipinski definition) is 0. The maximum atomic E-state index is 14.5. The van der Waals surface area contributed by atoms with Gasteiger partial charge in [-0.1, -0.05) is 30.3 Å². The first-order valence-electron chi connectivity index (χ1n) is 10.6. The molecule has 0 atom stereocenters. The molecule has 0 unspecified atom stereocenters. The van der Waals surface area contributed by atoms with Gasteiger partial charge in [0.05, 0.1) is 11.3 Å². The normalized spacial score (nSPS) is 12.6. The van der Waals surface area contributed by atoms with Gasteiger partial charge in [-0.15, -0.1) is 0 Å². The molecule has 2 aromatic heterocycles. The van der Waals surface area contributed by atoms with Gasteiger partial charge in [0.25, 0.3) is 0 Å². The summed E-state index contributed by atoms with van der Waals surface area (Å²) in [5.41, 5.74) is 1.86. The van der Waals surface area contributed by atoms with Gasteiger partial charge in [0.2, 0.25) is 11.8 Å². The largest absolute Gasteiger partial charge is 0.473 e. The number of ether oxygens (including phenoxy) is 2. The number of rotatable bonds is 5. The van der Waals surface area contributed by atoms with E-state index in [4.69, 9.17) is 9.47 Å². The molecule has 0 spiro atoms. The van der Waals surface area contributed by atoms with E-state index in [0.29, 0.717) is 24.0 Å². The molecule has 0 aliphatic carbocycles. The van der Waals surface area contributed by atoms with Crippen molar-refractivity contribution in [3.8, 4) is 28.8 Å². The number of benzene rings is 2. The van der Waals surface area contributed by atoms with Crippen molar-refractivity contribution in [2.24, 2.45) is 0 Å². The molecule has 0 N–H and O–H groups in total. The Labute approximate surface area is 196 Å². The quantitative estimate of drug-likeness (QED) is 0.356. The average molecular weight is 483 g/mol. The Morgan fingerprint density at radius 1 is 1.00 bits per heavy atom. The maximum absolute atomic E-state index is 14.5. The van der Waals surface area contributed by atoms with Crippen molar-refractivity contribution in [1.29, 1.82) is 0 Å². The van der Waals surface area contributed by atoms with Crippen LogP contribution in [-0.2, 0) is 25.7 Å². The van der Waals surface area contributed by atoms with E-state index in [1.807, 2.05) is 24.3 Å². The van der Waals surface area contributed by atoms with E-state index in [-0.39, 0.29) is 24.1 Å². The number of hydrogen-bond acceptors (Lipinski definition) is 5. The molecular weight excluding hydrogens is 466 g/mol. The van der Waals surface area contributed by atoms with E-state index in [2.05, 4.69) is 9.97 Å². The van der Waals surface area contributed by atoms with Crippen molar-refractivity contribution < 1.29 is 27.0 Å². The second-order valence-electron chi connectivity index (χ2n) is 7.86. The topological polar surface area (TPSA) is 66.2 Å². The molecule has 3 heterocycles. The van der Waals surface area contributed by atoms with Crippen molar-refractivity contribution in [2.45, 2.75) is 25.7 Å². The number of aromatic nitrogens is 3. The standard InChI is InChI=1S/C25H17F4N3O3/c26-19-11-15(5-7-21(19)35-22-8-6-17(13-30-22)25(27,28)29)14-34-23-12-20-18-4-2-1-3-16(18)9-10-32(20)24(33)31-23/h1-8,11-13H,9-10,14H2. The average Bonchev–Trinajstić information content (AvgIpc) is 2.84. The van der Waals surface area contributed by atoms with Crippen molar-refractivity contribution >= 4 is 0 Å². The van der Waals surface area contributed by atoms with Gasteiger partial charge >= 0.3 is 11.9 Å². The van der Waals surface area contributed by atoms with Crippen LogP contribution in [0.25, 0.3) is 11.3 Å². The van der Waals surface area contributed by atoms with Gasteiger partial charge in [-0.2, -0.15) is 18.2 Å². The summed E-state index contributed by atoms with van der Waals surface area (Å²) in [5, 5.41) is 0. The molecule has 1 aliphatic rings. The lowest BCUT2D eigenvalue weighted by Crippen LogP contribution is -2.28. The van der Waals surface area contributed by atoms with Crippen molar-refractivity contribution in [1.82, 2.24) is 14.5 Å². The number of halogens is 4. The first-order valence-corrected chi connectivity index (χ1v) is 10.6. The molecule has 0 amide bonds. The van der Waals surface area contributed by atoms with Crippen LogP contribution in [-0.4, -0.2) is 14.5 Å². The summed E-state index contributed by atoms with van der Waals surface area (Å²) in [4.78, 5) is 20.0. The third-order valence-electron chi connectivity index (χ3n) is 5.55.